The molecule has 42 valence electrons. The molecule has 0 aromatic rings. The first kappa shape index (κ1) is 0.781. The van der Waals surface area contributed by atoms with Crippen LogP contribution in [0.5, 0.6) is 0 Å². The van der Waals surface area contributed by atoms with Gasteiger partial charge in [-0.15, -0.1) is 0 Å². The van der Waals surface area contributed by atoms with Crippen LogP contribution in [-0.4, -0.2) is 25.4 Å². The predicted molar refractivity (Wildman–Crippen MR) is 32.8 cm³/mol. The van der Waals surface area contributed by atoms with Crippen molar-refractivity contribution in [1.82, 2.24) is 0 Å². The maximum atomic E-state index is 7.48. The van der Waals surface area contributed by atoms with Gasteiger partial charge in [0.2, 0.25) is 0 Å². The lowest BCUT2D eigenvalue weighted by atomic mass is 10.7. The fourth-order valence-electron chi connectivity index (χ4n) is 0.168. The maximum absolute atomic E-state index is 7.48. The summed E-state index contributed by atoms with van der Waals surface area (Å²) in [5.41, 5.74) is 0. The van der Waals surface area contributed by atoms with Gasteiger partial charge >= 0.3 is 0 Å². The number of hydrogen-bond donors (Lipinski definition) is 0. The van der Waals surface area contributed by atoms with Crippen molar-refractivity contribution in [2.45, 2.75) is 6.92 Å². The zero-order chi connectivity index (χ0) is 15.2. The van der Waals surface area contributed by atoms with Gasteiger partial charge in [-0.1, -0.05) is 0 Å². The third-order valence-corrected chi connectivity index (χ3v) is 0.280. The van der Waals surface area contributed by atoms with E-state index in [0.717, 1.165) is 6.92 Å². The molecule has 0 aliphatic heterocycles. The summed E-state index contributed by atoms with van der Waals surface area (Å²) in [5, 5.41) is 0. The molecule has 0 spiro atoms. The first-order valence-corrected chi connectivity index (χ1v) is 1.64. The minimum absolute atomic E-state index is 0.724. The molecule has 0 aromatic heterocycles. The van der Waals surface area contributed by atoms with Crippen LogP contribution in [0.2, 0.25) is 0 Å². The maximum Gasteiger partial charge on any atom is 0.127 e. The van der Waals surface area contributed by atoms with E-state index in [-0.39, 0.29) is 0 Å². The van der Waals surface area contributed by atoms with Crippen LogP contribution in [0, 0.1) is 0 Å². The Morgan fingerprint density at radius 1 is 1.57 bits per heavy atom. The molecule has 1 heteroatoms. The van der Waals surface area contributed by atoms with Gasteiger partial charge in [0.25, 0.3) is 0 Å². The van der Waals surface area contributed by atoms with E-state index in [4.69, 9.17) is 15.1 Å². The van der Waals surface area contributed by atoms with Crippen LogP contribution in [0.15, 0.2) is 12.2 Å². The molecule has 0 atom stereocenters. The molecule has 0 heterocycles. The highest BCUT2D eigenvalue weighted by Gasteiger charge is 1.95. The number of quaternary nitrogens is 1. The fourth-order valence-corrected chi connectivity index (χ4v) is 0.168. The van der Waals surface area contributed by atoms with E-state index in [1.165, 1.54) is 0 Å². The molecular formula is C6H14N+. The zero-order valence-electron chi connectivity index (χ0n) is 14.9. The Morgan fingerprint density at radius 3 is 2.29 bits per heavy atom. The second kappa shape index (κ2) is 2.12. The SMILES string of the molecule is [2H]/C(C)=C(\[2H])[15N+](C([2H])([2H])[2H])(C([2H])([2H])[2H])C([2H])([2H])[2H]. The van der Waals surface area contributed by atoms with E-state index in [0.29, 0.717) is 0 Å². The van der Waals surface area contributed by atoms with Crippen LogP contribution >= 0.6 is 0 Å². The second-order valence-corrected chi connectivity index (χ2v) is 1.03. The number of hydrogen-bond acceptors (Lipinski definition) is 0. The molecule has 0 aliphatic rings. The zero-order valence-corrected chi connectivity index (χ0v) is 3.95. The van der Waals surface area contributed by atoms with E-state index in [1.54, 1.807) is 0 Å². The lowest BCUT2D eigenvalue weighted by molar-refractivity contribution is -0.817. The minimum Gasteiger partial charge on any atom is -0.305 e. The molecule has 1 nitrogen and oxygen atoms in total. The molecule has 0 saturated carbocycles. The number of nitrogens with zero attached hydrogens (tertiary/aromatic N) is 1. The largest absolute Gasteiger partial charge is 0.305 e. The minimum atomic E-state index is -3.52. The van der Waals surface area contributed by atoms with Gasteiger partial charge in [0, 0.05) is 0 Å². The van der Waals surface area contributed by atoms with Gasteiger partial charge in [-0.05, 0) is 13.0 Å². The Hall–Kier alpha value is -0.300. The van der Waals surface area contributed by atoms with Gasteiger partial charge in [0.05, 0.1) is 40.8 Å². The van der Waals surface area contributed by atoms with Crippen LogP contribution in [-0.2, 0) is 0 Å². The van der Waals surface area contributed by atoms with Crippen LogP contribution in [0.4, 0.5) is 0 Å². The summed E-state index contributed by atoms with van der Waals surface area (Å²) in [6.07, 6.45) is -1.27. The van der Waals surface area contributed by atoms with Crippen LogP contribution in [0.25, 0.3) is 0 Å². The third kappa shape index (κ3) is 5.70. The topological polar surface area (TPSA) is 0 Å². The lowest BCUT2D eigenvalue weighted by Gasteiger charge is -2.16. The molecule has 0 radical (unpaired) electrons. The van der Waals surface area contributed by atoms with E-state index in [2.05, 4.69) is 0 Å². The molecule has 0 unspecified atom stereocenters. The van der Waals surface area contributed by atoms with Crippen molar-refractivity contribution in [3.63, 3.8) is 0 Å². The molecule has 7 heavy (non-hydrogen) atoms. The third-order valence-electron chi connectivity index (χ3n) is 0.280. The van der Waals surface area contributed by atoms with Crippen molar-refractivity contribution in [2.24, 2.45) is 0 Å². The summed E-state index contributed by atoms with van der Waals surface area (Å²) in [5.74, 6) is 0. The summed E-state index contributed by atoms with van der Waals surface area (Å²) >= 11 is 0. The van der Waals surface area contributed by atoms with Gasteiger partial charge in [-0.2, -0.15) is 0 Å². The number of rotatable bonds is 1. The normalized spacial score (nSPS) is 44.4. The Balaban J connectivity index is 6.58. The quantitative estimate of drug-likeness (QED) is 0.353. The average Bonchev–Trinajstić information content (AvgIpc) is 1.94. The van der Waals surface area contributed by atoms with Gasteiger partial charge in [0.1, 0.15) is 1.37 Å². The van der Waals surface area contributed by atoms with Crippen molar-refractivity contribution in [1.29, 1.82) is 0 Å². The summed E-state index contributed by atoms with van der Waals surface area (Å²) in [6, 6.07) is -0.724. The Bertz CT molecular complexity index is 302. The summed E-state index contributed by atoms with van der Waals surface area (Å²) in [4.78, 5) is 0. The molecule has 0 rings (SSSR count). The highest BCUT2D eigenvalue weighted by molar-refractivity contribution is 4.64. The van der Waals surface area contributed by atoms with E-state index in [9.17, 15) is 0 Å². The van der Waals surface area contributed by atoms with E-state index >= 15 is 0 Å². The van der Waals surface area contributed by atoms with E-state index < -0.39 is 37.6 Å². The van der Waals surface area contributed by atoms with Gasteiger partial charge < -0.3 is 4.48 Å². The first-order valence-electron chi connectivity index (χ1n) is 7.14. The molecule has 0 bridgehead atoms. The summed E-state index contributed by atoms with van der Waals surface area (Å²) in [7, 11) is 0. The molecule has 0 N–H and O–H groups in total. The lowest BCUT2D eigenvalue weighted by Crippen LogP contribution is -2.26. The summed E-state index contributed by atoms with van der Waals surface area (Å²) < 4.78 is 77.2. The van der Waals surface area contributed by atoms with Crippen molar-refractivity contribution in [2.75, 3.05) is 20.9 Å². The van der Waals surface area contributed by atoms with Gasteiger partial charge in [-0.3, -0.25) is 0 Å². The molecule has 0 aromatic carbocycles. The van der Waals surface area contributed by atoms with Crippen LogP contribution < -0.4 is 0 Å². The standard InChI is InChI=1S/C6H14N/c1-5-6-7(2,3)4/h5-6H,1-4H3/q+1/b6-5-/i2D3,3D3,4D3,5D,6D,7+1. The van der Waals surface area contributed by atoms with Crippen molar-refractivity contribution in [3.8, 4) is 0 Å². The Morgan fingerprint density at radius 2 is 2.14 bits per heavy atom. The highest BCUT2D eigenvalue weighted by atomic mass is 16.0. The number of allylic oxidation sites excluding steroid dienone is 1. The van der Waals surface area contributed by atoms with Crippen molar-refractivity contribution < 1.29 is 19.6 Å². The predicted octanol–water partition coefficient (Wildman–Crippen LogP) is 1.23. The van der Waals surface area contributed by atoms with E-state index in [1.807, 2.05) is 0 Å². The molecule has 0 aliphatic carbocycles. The fraction of sp³-hybridized carbons (Fsp3) is 0.667. The highest BCUT2D eigenvalue weighted by Crippen LogP contribution is 1.88. The van der Waals surface area contributed by atoms with Gasteiger partial charge in [-0.25, -0.2) is 0 Å². The summed E-state index contributed by atoms with van der Waals surface area (Å²) in [6.45, 7) is -9.58. The molecule has 0 amide bonds. The van der Waals surface area contributed by atoms with Crippen LogP contribution in [0.3, 0.4) is 0 Å². The van der Waals surface area contributed by atoms with Crippen molar-refractivity contribution in [3.05, 3.63) is 12.2 Å². The molecule has 0 saturated heterocycles. The second-order valence-electron chi connectivity index (χ2n) is 1.03. The first-order chi connectivity index (χ1) is 7.60. The Kier molecular flexibility index (Phi) is 0.237. The molecule has 0 fully saturated rings. The average molecular weight is 112 g/mol. The molecular weight excluding hydrogens is 87.1 g/mol. The van der Waals surface area contributed by atoms with Crippen molar-refractivity contribution >= 4 is 0 Å². The van der Waals surface area contributed by atoms with Gasteiger partial charge in [0.15, 0.2) is 0 Å². The van der Waals surface area contributed by atoms with Crippen LogP contribution in [0.1, 0.15) is 22.0 Å². The smallest absolute Gasteiger partial charge is 0.127 e. The Labute approximate surface area is 61.3 Å². The monoisotopic (exact) mass is 112 g/mol.